The Hall–Kier alpha value is -3.05. The van der Waals surface area contributed by atoms with Gasteiger partial charge in [0.2, 0.25) is 10.0 Å². The molecule has 31 heavy (non-hydrogen) atoms. The molecule has 1 aliphatic heterocycles. The Bertz CT molecular complexity index is 1290. The molecule has 1 aromatic heterocycles. The van der Waals surface area contributed by atoms with Crippen LogP contribution in [0.4, 0.5) is 0 Å². The summed E-state index contributed by atoms with van der Waals surface area (Å²) in [5, 5.41) is 9.63. The van der Waals surface area contributed by atoms with E-state index in [9.17, 15) is 18.5 Å². The number of nitriles is 1. The fraction of sp³-hybridized carbons (Fsp3) is 0.174. The molecule has 4 rings (SSSR count). The molecule has 0 N–H and O–H groups in total. The summed E-state index contributed by atoms with van der Waals surface area (Å²) in [6, 6.07) is 18.6. The average Bonchev–Trinajstić information content (AvgIpc) is 2.80. The molecule has 0 saturated heterocycles. The fourth-order valence-electron chi connectivity index (χ4n) is 3.64. The monoisotopic (exact) mass is 451 g/mol. The molecule has 8 heteroatoms. The van der Waals surface area contributed by atoms with Crippen LogP contribution in [0.25, 0.3) is 0 Å². The Morgan fingerprint density at radius 2 is 1.84 bits per heavy atom. The van der Waals surface area contributed by atoms with Gasteiger partial charge in [-0.25, -0.2) is 8.42 Å². The van der Waals surface area contributed by atoms with Crippen LogP contribution in [0.3, 0.4) is 0 Å². The number of aromatic nitrogens is 1. The Morgan fingerprint density at radius 1 is 1.10 bits per heavy atom. The fourth-order valence-corrected chi connectivity index (χ4v) is 5.30. The first kappa shape index (κ1) is 21.2. The molecule has 1 aliphatic rings. The molecule has 0 spiro atoms. The summed E-state index contributed by atoms with van der Waals surface area (Å²) < 4.78 is 28.0. The first-order chi connectivity index (χ1) is 14.9. The van der Waals surface area contributed by atoms with E-state index in [0.29, 0.717) is 13.0 Å². The van der Waals surface area contributed by atoms with Crippen LogP contribution in [-0.2, 0) is 23.0 Å². The summed E-state index contributed by atoms with van der Waals surface area (Å²) in [6.07, 6.45) is 2.11. The van der Waals surface area contributed by atoms with Gasteiger partial charge in [0.25, 0.3) is 0 Å². The van der Waals surface area contributed by atoms with E-state index in [1.54, 1.807) is 18.2 Å². The van der Waals surface area contributed by atoms with Gasteiger partial charge in [-0.05, 0) is 47.9 Å². The minimum atomic E-state index is -3.85. The van der Waals surface area contributed by atoms with Crippen LogP contribution in [0.2, 0.25) is 5.02 Å². The summed E-state index contributed by atoms with van der Waals surface area (Å²) in [5.41, 5.74) is 2.36. The normalized spacial score (nSPS) is 15.0. The molecule has 3 aromatic rings. The van der Waals surface area contributed by atoms with Crippen molar-refractivity contribution in [2.45, 2.75) is 23.8 Å². The second-order valence-electron chi connectivity index (χ2n) is 7.18. The van der Waals surface area contributed by atoms with Gasteiger partial charge in [-0.3, -0.25) is 9.78 Å². The molecule has 0 amide bonds. The summed E-state index contributed by atoms with van der Waals surface area (Å²) in [7, 11) is -3.85. The highest BCUT2D eigenvalue weighted by Crippen LogP contribution is 2.30. The molecule has 0 bridgehead atoms. The number of rotatable bonds is 5. The molecule has 0 aliphatic carbocycles. The van der Waals surface area contributed by atoms with Crippen LogP contribution in [0.15, 0.2) is 71.8 Å². The molecule has 1 atom stereocenters. The number of nitrogens with zero attached hydrogens (tertiary/aromatic N) is 3. The molecule has 6 nitrogen and oxygen atoms in total. The maximum absolute atomic E-state index is 13.3. The molecule has 2 aromatic carbocycles. The average molecular weight is 452 g/mol. The minimum absolute atomic E-state index is 0.0163. The van der Waals surface area contributed by atoms with E-state index in [1.165, 1.54) is 28.7 Å². The minimum Gasteiger partial charge on any atom is -0.292 e. The van der Waals surface area contributed by atoms with Crippen molar-refractivity contribution < 1.29 is 13.2 Å². The van der Waals surface area contributed by atoms with Crippen LogP contribution in [0.5, 0.6) is 0 Å². The number of fused-ring (bicyclic) bond motifs is 1. The lowest BCUT2D eigenvalue weighted by molar-refractivity contribution is 0.0977. The number of hydrogen-bond donors (Lipinski definition) is 0. The lowest BCUT2D eigenvalue weighted by Crippen LogP contribution is -2.36. The summed E-state index contributed by atoms with van der Waals surface area (Å²) >= 11 is 6.22. The van der Waals surface area contributed by atoms with E-state index in [4.69, 9.17) is 11.6 Å². The summed E-state index contributed by atoms with van der Waals surface area (Å²) in [4.78, 5) is 17.1. The largest absolute Gasteiger partial charge is 0.292 e. The zero-order valence-corrected chi connectivity index (χ0v) is 18.0. The van der Waals surface area contributed by atoms with Crippen LogP contribution >= 0.6 is 11.6 Å². The highest BCUT2D eigenvalue weighted by atomic mass is 35.5. The van der Waals surface area contributed by atoms with Crippen molar-refractivity contribution in [3.05, 3.63) is 94.3 Å². The smallest absolute Gasteiger partial charge is 0.243 e. The van der Waals surface area contributed by atoms with Crippen molar-refractivity contribution in [3.8, 4) is 6.07 Å². The second kappa shape index (κ2) is 8.60. The Labute approximate surface area is 185 Å². The number of pyridine rings is 1. The molecule has 0 radical (unpaired) electrons. The Kier molecular flexibility index (Phi) is 5.88. The van der Waals surface area contributed by atoms with Crippen molar-refractivity contribution in [1.29, 1.82) is 5.26 Å². The van der Waals surface area contributed by atoms with Crippen LogP contribution in [0, 0.1) is 11.3 Å². The van der Waals surface area contributed by atoms with Gasteiger partial charge in [0.05, 0.1) is 21.7 Å². The highest BCUT2D eigenvalue weighted by molar-refractivity contribution is 7.89. The molecular formula is C23H18ClN3O3S. The van der Waals surface area contributed by atoms with Gasteiger partial charge >= 0.3 is 0 Å². The predicted octanol–water partition coefficient (Wildman–Crippen LogP) is 3.97. The van der Waals surface area contributed by atoms with Gasteiger partial charge in [0.1, 0.15) is 0 Å². The van der Waals surface area contributed by atoms with E-state index >= 15 is 0 Å². The van der Waals surface area contributed by atoms with Crippen LogP contribution in [-0.4, -0.2) is 30.0 Å². The zero-order valence-electron chi connectivity index (χ0n) is 16.4. The Morgan fingerprint density at radius 3 is 2.55 bits per heavy atom. The summed E-state index contributed by atoms with van der Waals surface area (Å²) in [5.74, 6) is -1.77. The van der Waals surface area contributed by atoms with E-state index in [2.05, 4.69) is 4.98 Å². The van der Waals surface area contributed by atoms with Gasteiger partial charge in [0, 0.05) is 24.8 Å². The van der Waals surface area contributed by atoms with Crippen molar-refractivity contribution in [2.24, 2.45) is 0 Å². The van der Waals surface area contributed by atoms with E-state index in [0.717, 1.165) is 11.1 Å². The maximum Gasteiger partial charge on any atom is 0.243 e. The second-order valence-corrected chi connectivity index (χ2v) is 9.53. The number of halogens is 1. The predicted molar refractivity (Wildman–Crippen MR) is 116 cm³/mol. The zero-order chi connectivity index (χ0) is 22.0. The lowest BCUT2D eigenvalue weighted by Gasteiger charge is -2.28. The number of carbonyl (C=O) groups excluding carboxylic acids is 1. The molecule has 156 valence electrons. The molecular weight excluding hydrogens is 434 g/mol. The summed E-state index contributed by atoms with van der Waals surface area (Å²) in [6.45, 7) is 0.610. The van der Waals surface area contributed by atoms with E-state index < -0.39 is 21.7 Å². The number of carbonyl (C=O) groups is 1. The number of hydrogen-bond acceptors (Lipinski definition) is 5. The molecule has 1 unspecified atom stereocenters. The number of sulfonamides is 1. The molecule has 0 saturated carbocycles. The standard InChI is InChI=1S/C23H18ClN3O3S/c24-21-9-8-18(13-19(21)23(28)20(14-25)22-7-3-4-11-26-22)31(29,30)27-12-10-16-5-1-2-6-17(16)15-27/h1-9,11,13,20H,10,12,15H2. The number of ketones is 1. The van der Waals surface area contributed by atoms with Crippen molar-refractivity contribution in [3.63, 3.8) is 0 Å². The van der Waals surface area contributed by atoms with Gasteiger partial charge < -0.3 is 0 Å². The SMILES string of the molecule is N#CC(C(=O)c1cc(S(=O)(=O)N2CCc3ccccc3C2)ccc1Cl)c1ccccn1. The number of Topliss-reactive ketones (excluding diaryl/α,β-unsaturated/α-hetero) is 1. The first-order valence-corrected chi connectivity index (χ1v) is 11.4. The van der Waals surface area contributed by atoms with Crippen LogP contribution in [0.1, 0.15) is 33.1 Å². The van der Waals surface area contributed by atoms with Crippen LogP contribution < -0.4 is 0 Å². The molecule has 2 heterocycles. The van der Waals surface area contributed by atoms with Crippen molar-refractivity contribution in [1.82, 2.24) is 9.29 Å². The van der Waals surface area contributed by atoms with E-state index in [1.807, 2.05) is 30.3 Å². The maximum atomic E-state index is 13.3. The van der Waals surface area contributed by atoms with E-state index in [-0.39, 0.29) is 27.7 Å². The van der Waals surface area contributed by atoms with Gasteiger partial charge in [-0.1, -0.05) is 41.9 Å². The topological polar surface area (TPSA) is 91.1 Å². The Balaban J connectivity index is 1.68. The lowest BCUT2D eigenvalue weighted by atomic mass is 9.95. The van der Waals surface area contributed by atoms with Gasteiger partial charge in [-0.2, -0.15) is 9.57 Å². The molecule has 0 fully saturated rings. The third-order valence-corrected chi connectivity index (χ3v) is 7.48. The third kappa shape index (κ3) is 4.10. The van der Waals surface area contributed by atoms with Crippen molar-refractivity contribution >= 4 is 27.4 Å². The van der Waals surface area contributed by atoms with Gasteiger partial charge in [-0.15, -0.1) is 0 Å². The number of benzene rings is 2. The van der Waals surface area contributed by atoms with Gasteiger partial charge in [0.15, 0.2) is 11.7 Å². The first-order valence-electron chi connectivity index (χ1n) is 9.63. The third-order valence-electron chi connectivity index (χ3n) is 5.31. The van der Waals surface area contributed by atoms with Crippen molar-refractivity contribution in [2.75, 3.05) is 6.54 Å². The highest BCUT2D eigenvalue weighted by Gasteiger charge is 2.31. The quantitative estimate of drug-likeness (QED) is 0.547.